The molecule has 0 spiro atoms. The highest BCUT2D eigenvalue weighted by molar-refractivity contribution is 7.89. The van der Waals surface area contributed by atoms with E-state index in [-0.39, 0.29) is 30.1 Å². The molecule has 1 aromatic heterocycles. The summed E-state index contributed by atoms with van der Waals surface area (Å²) in [6.45, 7) is 5.19. The van der Waals surface area contributed by atoms with E-state index in [0.717, 1.165) is 36.9 Å². The molecule has 0 fully saturated rings. The second-order valence-corrected chi connectivity index (χ2v) is 11.4. The van der Waals surface area contributed by atoms with Gasteiger partial charge in [-0.2, -0.15) is 4.31 Å². The first-order valence-corrected chi connectivity index (χ1v) is 13.4. The molecule has 0 radical (unpaired) electrons. The lowest BCUT2D eigenvalue weighted by molar-refractivity contribution is 0.0733. The Morgan fingerprint density at radius 1 is 1.26 bits per heavy atom. The molecule has 8 heteroatoms. The highest BCUT2D eigenvalue weighted by Gasteiger charge is 2.38. The van der Waals surface area contributed by atoms with E-state index in [1.165, 1.54) is 9.88 Å². The molecule has 1 aromatic carbocycles. The van der Waals surface area contributed by atoms with Crippen LogP contribution in [-0.2, 0) is 16.6 Å². The maximum atomic E-state index is 13.6. The average Bonchev–Trinajstić information content (AvgIpc) is 3.36. The number of aliphatic hydroxyl groups excluding tert-OH is 1. The van der Waals surface area contributed by atoms with E-state index in [1.807, 2.05) is 38.2 Å². The van der Waals surface area contributed by atoms with Gasteiger partial charge < -0.3 is 9.84 Å². The number of aromatic nitrogens is 1. The Labute approximate surface area is 203 Å². The maximum Gasteiger partial charge on any atom is 0.247 e. The number of benzene rings is 1. The quantitative estimate of drug-likeness (QED) is 0.646. The largest absolute Gasteiger partial charge is 0.487 e. The summed E-state index contributed by atoms with van der Waals surface area (Å²) in [5, 5.41) is 9.82. The van der Waals surface area contributed by atoms with E-state index in [9.17, 15) is 13.5 Å². The summed E-state index contributed by atoms with van der Waals surface area (Å²) >= 11 is 0. The van der Waals surface area contributed by atoms with Crippen LogP contribution in [0.5, 0.6) is 5.75 Å². The number of sulfonamides is 1. The van der Waals surface area contributed by atoms with Crippen molar-refractivity contribution in [3.8, 4) is 5.75 Å². The predicted molar refractivity (Wildman–Crippen MR) is 133 cm³/mol. The fraction of sp³-hybridized carbons (Fsp3) is 0.500. The molecular weight excluding hydrogens is 450 g/mol. The van der Waals surface area contributed by atoms with Crippen LogP contribution in [0.1, 0.15) is 44.2 Å². The molecule has 184 valence electrons. The Morgan fingerprint density at radius 2 is 2.03 bits per heavy atom. The fourth-order valence-corrected chi connectivity index (χ4v) is 6.57. The lowest BCUT2D eigenvalue weighted by Gasteiger charge is -2.37. The third-order valence-electron chi connectivity index (χ3n) is 6.77. The van der Waals surface area contributed by atoms with Crippen molar-refractivity contribution < 1.29 is 18.3 Å². The summed E-state index contributed by atoms with van der Waals surface area (Å²) < 4.78 is 35.2. The average molecular weight is 486 g/mol. The Bertz CT molecular complexity index is 1120. The van der Waals surface area contributed by atoms with Gasteiger partial charge in [-0.05, 0) is 74.2 Å². The van der Waals surface area contributed by atoms with Crippen molar-refractivity contribution in [3.05, 3.63) is 59.9 Å². The monoisotopic (exact) mass is 485 g/mol. The topological polar surface area (TPSA) is 83.0 Å². The minimum absolute atomic E-state index is 0.0776. The van der Waals surface area contributed by atoms with Gasteiger partial charge in [0, 0.05) is 44.0 Å². The molecule has 0 unspecified atom stereocenters. The second kappa shape index (κ2) is 10.6. The minimum Gasteiger partial charge on any atom is -0.487 e. The van der Waals surface area contributed by atoms with E-state index in [4.69, 9.17) is 4.74 Å². The molecule has 1 aliphatic carbocycles. The summed E-state index contributed by atoms with van der Waals surface area (Å²) in [4.78, 5) is 6.45. The van der Waals surface area contributed by atoms with Crippen LogP contribution in [-0.4, -0.2) is 66.6 Å². The molecule has 2 aliphatic rings. The summed E-state index contributed by atoms with van der Waals surface area (Å²) in [6, 6.07) is 8.91. The Balaban J connectivity index is 1.69. The zero-order valence-corrected chi connectivity index (χ0v) is 21.0. The number of ether oxygens (including phenoxy) is 1. The molecular formula is C26H35N3O4S. The highest BCUT2D eigenvalue weighted by Crippen LogP contribution is 2.37. The first-order valence-electron chi connectivity index (χ1n) is 12.0. The van der Waals surface area contributed by atoms with Gasteiger partial charge in [0.1, 0.15) is 16.7 Å². The zero-order valence-electron chi connectivity index (χ0n) is 20.2. The predicted octanol–water partition coefficient (Wildman–Crippen LogP) is 3.55. The zero-order chi connectivity index (χ0) is 24.3. The molecule has 1 aliphatic heterocycles. The number of likely N-dealkylation sites (N-methyl/N-ethyl adjacent to an activating group) is 1. The molecule has 1 N–H and O–H groups in total. The van der Waals surface area contributed by atoms with Crippen LogP contribution in [0, 0.1) is 5.92 Å². The number of hydrogen-bond donors (Lipinski definition) is 1. The number of allylic oxidation sites excluding steroid dienone is 2. The maximum absolute atomic E-state index is 13.6. The number of fused-ring (bicyclic) bond motifs is 1. The van der Waals surface area contributed by atoms with Crippen molar-refractivity contribution in [2.75, 3.05) is 26.7 Å². The van der Waals surface area contributed by atoms with E-state index in [1.54, 1.807) is 25.4 Å². The molecule has 0 amide bonds. The van der Waals surface area contributed by atoms with Crippen molar-refractivity contribution >= 4 is 15.6 Å². The van der Waals surface area contributed by atoms with Gasteiger partial charge in [0.25, 0.3) is 0 Å². The minimum atomic E-state index is -3.82. The number of nitrogens with zero attached hydrogens (tertiary/aromatic N) is 3. The first-order chi connectivity index (χ1) is 16.3. The van der Waals surface area contributed by atoms with Crippen LogP contribution < -0.4 is 4.74 Å². The third-order valence-corrected chi connectivity index (χ3v) is 8.79. The van der Waals surface area contributed by atoms with Crippen molar-refractivity contribution in [1.29, 1.82) is 0 Å². The highest BCUT2D eigenvalue weighted by atomic mass is 32.2. The Hall–Kier alpha value is -2.26. The molecule has 0 saturated heterocycles. The van der Waals surface area contributed by atoms with Gasteiger partial charge in [-0.15, -0.1) is 0 Å². The first kappa shape index (κ1) is 24.9. The van der Waals surface area contributed by atoms with Gasteiger partial charge in [-0.25, -0.2) is 8.42 Å². The van der Waals surface area contributed by atoms with E-state index in [0.29, 0.717) is 12.3 Å². The van der Waals surface area contributed by atoms with Crippen LogP contribution in [0.2, 0.25) is 0 Å². The van der Waals surface area contributed by atoms with E-state index < -0.39 is 16.1 Å². The number of rotatable bonds is 7. The van der Waals surface area contributed by atoms with Crippen molar-refractivity contribution in [2.45, 2.75) is 56.7 Å². The second-order valence-electron chi connectivity index (χ2n) is 9.58. The molecule has 2 aromatic rings. The smallest absolute Gasteiger partial charge is 0.247 e. The van der Waals surface area contributed by atoms with E-state index >= 15 is 0 Å². The standard InChI is InChI=1S/C26H35N3O4S/c1-19-15-29(20(2)18-30)34(31,32)26-9-8-23(22-6-4-5-7-22)14-24(26)33-25(19)17-28(3)16-21-10-12-27-13-11-21/h6,8-14,19-20,25,30H,4-5,7,15-18H2,1-3H3/t19-,20-,25-/m1/s1. The van der Waals surface area contributed by atoms with Crippen LogP contribution >= 0.6 is 0 Å². The van der Waals surface area contributed by atoms with Gasteiger partial charge >= 0.3 is 0 Å². The van der Waals surface area contributed by atoms with Gasteiger partial charge in [0.05, 0.1) is 6.61 Å². The molecule has 0 saturated carbocycles. The number of hydrogen-bond acceptors (Lipinski definition) is 6. The summed E-state index contributed by atoms with van der Waals surface area (Å²) in [5.74, 6) is 0.320. The van der Waals surface area contributed by atoms with Crippen molar-refractivity contribution in [1.82, 2.24) is 14.2 Å². The van der Waals surface area contributed by atoms with Crippen molar-refractivity contribution in [2.24, 2.45) is 5.92 Å². The van der Waals surface area contributed by atoms with Crippen LogP contribution in [0.15, 0.2) is 53.7 Å². The van der Waals surface area contributed by atoms with Crippen LogP contribution in [0.4, 0.5) is 0 Å². The summed E-state index contributed by atoms with van der Waals surface area (Å²) in [6.07, 6.45) is 8.73. The summed E-state index contributed by atoms with van der Waals surface area (Å²) in [5.41, 5.74) is 3.42. The normalized spacial score (nSPS) is 23.5. The van der Waals surface area contributed by atoms with Crippen LogP contribution in [0.3, 0.4) is 0 Å². The van der Waals surface area contributed by atoms with Crippen molar-refractivity contribution in [3.63, 3.8) is 0 Å². The molecule has 4 rings (SSSR count). The number of pyridine rings is 1. The van der Waals surface area contributed by atoms with E-state index in [2.05, 4.69) is 16.0 Å². The summed E-state index contributed by atoms with van der Waals surface area (Å²) in [7, 11) is -1.78. The molecule has 3 atom stereocenters. The molecule has 2 heterocycles. The Kier molecular flexibility index (Phi) is 7.72. The SMILES string of the molecule is C[C@@H]1CN([C@H](C)CO)S(=O)(=O)c2ccc(C3=CCCC3)cc2O[C@@H]1CN(C)Cc1ccncc1. The lowest BCUT2D eigenvalue weighted by Crippen LogP contribution is -2.49. The number of aliphatic hydroxyl groups is 1. The lowest BCUT2D eigenvalue weighted by atomic mass is 10.0. The van der Waals surface area contributed by atoms with Gasteiger partial charge in [-0.1, -0.05) is 19.1 Å². The molecule has 0 bridgehead atoms. The van der Waals surface area contributed by atoms with Crippen LogP contribution in [0.25, 0.3) is 5.57 Å². The fourth-order valence-electron chi connectivity index (χ4n) is 4.75. The molecule has 7 nitrogen and oxygen atoms in total. The Morgan fingerprint density at radius 3 is 2.71 bits per heavy atom. The third kappa shape index (κ3) is 5.35. The van der Waals surface area contributed by atoms with Gasteiger partial charge in [0.2, 0.25) is 10.0 Å². The molecule has 34 heavy (non-hydrogen) atoms. The van der Waals surface area contributed by atoms with Gasteiger partial charge in [0.15, 0.2) is 0 Å². The van der Waals surface area contributed by atoms with Gasteiger partial charge in [-0.3, -0.25) is 9.88 Å².